The number of hydrogen-bond donors (Lipinski definition) is 1. The summed E-state index contributed by atoms with van der Waals surface area (Å²) in [5.74, 6) is 0. The molecule has 1 atom stereocenters. The minimum absolute atomic E-state index is 0.104. The van der Waals surface area contributed by atoms with Crippen molar-refractivity contribution in [1.82, 2.24) is 10.3 Å². The molecule has 110 valence electrons. The second kappa shape index (κ2) is 5.29. The van der Waals surface area contributed by atoms with E-state index in [4.69, 9.17) is 0 Å². The van der Waals surface area contributed by atoms with Gasteiger partial charge in [0.25, 0.3) is 5.69 Å². The van der Waals surface area contributed by atoms with E-state index in [1.54, 1.807) is 12.1 Å². The van der Waals surface area contributed by atoms with Crippen LogP contribution in [0.2, 0.25) is 0 Å². The number of nitrogens with one attached hydrogen (secondary N) is 1. The van der Waals surface area contributed by atoms with Crippen LogP contribution in [0, 0.1) is 17.0 Å². The first-order valence-electron chi connectivity index (χ1n) is 7.05. The van der Waals surface area contributed by atoms with Crippen LogP contribution >= 0.6 is 0 Å². The Hall–Kier alpha value is -2.21. The minimum atomic E-state index is -0.361. The number of anilines is 1. The molecule has 21 heavy (non-hydrogen) atoms. The van der Waals surface area contributed by atoms with Crippen LogP contribution in [0.5, 0.6) is 0 Å². The predicted molar refractivity (Wildman–Crippen MR) is 82.8 cm³/mol. The van der Waals surface area contributed by atoms with Crippen molar-refractivity contribution >= 4 is 22.3 Å². The summed E-state index contributed by atoms with van der Waals surface area (Å²) in [6, 6.07) is 7.27. The highest BCUT2D eigenvalue weighted by Crippen LogP contribution is 2.31. The van der Waals surface area contributed by atoms with Gasteiger partial charge in [-0.3, -0.25) is 15.1 Å². The third kappa shape index (κ3) is 2.54. The summed E-state index contributed by atoms with van der Waals surface area (Å²) in [6.07, 6.45) is 1.08. The molecule has 0 saturated carbocycles. The number of rotatable bonds is 3. The van der Waals surface area contributed by atoms with E-state index in [9.17, 15) is 10.1 Å². The second-order valence-corrected chi connectivity index (χ2v) is 5.50. The number of benzene rings is 1. The average molecular weight is 286 g/mol. The molecule has 1 fully saturated rings. The zero-order valence-electron chi connectivity index (χ0n) is 12.2. The second-order valence-electron chi connectivity index (χ2n) is 5.50. The zero-order valence-corrected chi connectivity index (χ0v) is 12.2. The quantitative estimate of drug-likeness (QED) is 0.692. The van der Waals surface area contributed by atoms with Gasteiger partial charge in [-0.25, -0.2) is 0 Å². The standard InChI is InChI=1S/C15H18N4O2/c1-10-7-15(18(2)12-5-6-16-9-12)13-8-11(19(20)21)3-4-14(13)17-10/h3-4,7-8,12,16H,5-6,9H2,1-2H3. The number of fused-ring (bicyclic) bond motifs is 1. The largest absolute Gasteiger partial charge is 0.370 e. The van der Waals surface area contributed by atoms with Crippen LogP contribution < -0.4 is 10.2 Å². The van der Waals surface area contributed by atoms with E-state index < -0.39 is 0 Å². The number of aryl methyl sites for hydroxylation is 1. The normalized spacial score (nSPS) is 18.1. The monoisotopic (exact) mass is 286 g/mol. The first-order valence-corrected chi connectivity index (χ1v) is 7.05. The number of nitro groups is 1. The van der Waals surface area contributed by atoms with Crippen LogP contribution in [0.15, 0.2) is 24.3 Å². The smallest absolute Gasteiger partial charge is 0.270 e. The van der Waals surface area contributed by atoms with Gasteiger partial charge in [-0.2, -0.15) is 0 Å². The van der Waals surface area contributed by atoms with Gasteiger partial charge in [0, 0.05) is 48.5 Å². The fraction of sp³-hybridized carbons (Fsp3) is 0.400. The first-order chi connectivity index (χ1) is 10.1. The maximum absolute atomic E-state index is 11.0. The number of non-ortho nitro benzene ring substituents is 1. The molecule has 1 unspecified atom stereocenters. The maximum atomic E-state index is 11.0. The maximum Gasteiger partial charge on any atom is 0.270 e. The van der Waals surface area contributed by atoms with Crippen molar-refractivity contribution in [2.45, 2.75) is 19.4 Å². The van der Waals surface area contributed by atoms with Gasteiger partial charge in [-0.15, -0.1) is 0 Å². The Bertz CT molecular complexity index is 695. The Labute approximate surface area is 122 Å². The number of aromatic nitrogens is 1. The van der Waals surface area contributed by atoms with Crippen LogP contribution in [-0.4, -0.2) is 36.1 Å². The fourth-order valence-corrected chi connectivity index (χ4v) is 2.90. The van der Waals surface area contributed by atoms with Crippen molar-refractivity contribution in [1.29, 1.82) is 0 Å². The Kier molecular flexibility index (Phi) is 3.47. The summed E-state index contributed by atoms with van der Waals surface area (Å²) in [4.78, 5) is 17.3. The molecule has 1 aliphatic rings. The van der Waals surface area contributed by atoms with Crippen LogP contribution in [-0.2, 0) is 0 Å². The predicted octanol–water partition coefficient (Wildman–Crippen LogP) is 2.25. The molecule has 6 heteroatoms. The molecule has 1 saturated heterocycles. The topological polar surface area (TPSA) is 71.3 Å². The number of likely N-dealkylation sites (N-methyl/N-ethyl adjacent to an activating group) is 1. The molecule has 3 rings (SSSR count). The average Bonchev–Trinajstić information content (AvgIpc) is 2.99. The van der Waals surface area contributed by atoms with Crippen LogP contribution in [0.25, 0.3) is 10.9 Å². The number of hydrogen-bond acceptors (Lipinski definition) is 5. The number of pyridine rings is 1. The fourth-order valence-electron chi connectivity index (χ4n) is 2.90. The summed E-state index contributed by atoms with van der Waals surface area (Å²) >= 11 is 0. The van der Waals surface area contributed by atoms with Crippen molar-refractivity contribution in [2.75, 3.05) is 25.0 Å². The van der Waals surface area contributed by atoms with Crippen molar-refractivity contribution < 1.29 is 4.92 Å². The molecule has 0 radical (unpaired) electrons. The van der Waals surface area contributed by atoms with Gasteiger partial charge in [-0.05, 0) is 32.0 Å². The summed E-state index contributed by atoms with van der Waals surface area (Å²) in [5, 5.41) is 15.2. The van der Waals surface area contributed by atoms with Gasteiger partial charge in [0.2, 0.25) is 0 Å². The molecule has 1 N–H and O–H groups in total. The lowest BCUT2D eigenvalue weighted by molar-refractivity contribution is -0.384. The lowest BCUT2D eigenvalue weighted by Gasteiger charge is -2.27. The van der Waals surface area contributed by atoms with Crippen LogP contribution in [0.3, 0.4) is 0 Å². The van der Waals surface area contributed by atoms with Crippen molar-refractivity contribution in [2.24, 2.45) is 0 Å². The van der Waals surface area contributed by atoms with E-state index in [0.717, 1.165) is 41.8 Å². The molecule has 1 aromatic heterocycles. The Morgan fingerprint density at radius 1 is 1.43 bits per heavy atom. The lowest BCUT2D eigenvalue weighted by Crippen LogP contribution is -2.33. The van der Waals surface area contributed by atoms with Crippen molar-refractivity contribution in [3.05, 3.63) is 40.1 Å². The van der Waals surface area contributed by atoms with Crippen LogP contribution in [0.1, 0.15) is 12.1 Å². The van der Waals surface area contributed by atoms with E-state index in [1.165, 1.54) is 6.07 Å². The van der Waals surface area contributed by atoms with E-state index in [1.807, 2.05) is 20.0 Å². The van der Waals surface area contributed by atoms with Gasteiger partial charge >= 0.3 is 0 Å². The SMILES string of the molecule is Cc1cc(N(C)C2CCNC2)c2cc([N+](=O)[O-])ccc2n1. The summed E-state index contributed by atoms with van der Waals surface area (Å²) in [7, 11) is 2.05. The summed E-state index contributed by atoms with van der Waals surface area (Å²) < 4.78 is 0. The highest BCUT2D eigenvalue weighted by molar-refractivity contribution is 5.93. The molecule has 1 aromatic carbocycles. The highest BCUT2D eigenvalue weighted by atomic mass is 16.6. The minimum Gasteiger partial charge on any atom is -0.370 e. The van der Waals surface area contributed by atoms with Gasteiger partial charge in [0.05, 0.1) is 10.4 Å². The van der Waals surface area contributed by atoms with Gasteiger partial charge in [0.15, 0.2) is 0 Å². The van der Waals surface area contributed by atoms with E-state index in [2.05, 4.69) is 15.2 Å². The van der Waals surface area contributed by atoms with Crippen molar-refractivity contribution in [3.8, 4) is 0 Å². The number of nitro benzene ring substituents is 1. The van der Waals surface area contributed by atoms with Crippen LogP contribution in [0.4, 0.5) is 11.4 Å². The summed E-state index contributed by atoms with van der Waals surface area (Å²) in [5.41, 5.74) is 2.83. The molecule has 0 spiro atoms. The van der Waals surface area contributed by atoms with Gasteiger partial charge in [-0.1, -0.05) is 0 Å². The Morgan fingerprint density at radius 3 is 2.90 bits per heavy atom. The third-order valence-corrected chi connectivity index (χ3v) is 4.07. The molecule has 1 aliphatic heterocycles. The third-order valence-electron chi connectivity index (χ3n) is 4.07. The molecule has 2 aromatic rings. The number of nitrogens with zero attached hydrogens (tertiary/aromatic N) is 3. The van der Waals surface area contributed by atoms with Crippen molar-refractivity contribution in [3.63, 3.8) is 0 Å². The molecule has 0 amide bonds. The van der Waals surface area contributed by atoms with Gasteiger partial charge in [0.1, 0.15) is 0 Å². The molecule has 0 aliphatic carbocycles. The lowest BCUT2D eigenvalue weighted by atomic mass is 10.1. The molecular weight excluding hydrogens is 268 g/mol. The summed E-state index contributed by atoms with van der Waals surface area (Å²) in [6.45, 7) is 3.90. The highest BCUT2D eigenvalue weighted by Gasteiger charge is 2.22. The van der Waals surface area contributed by atoms with E-state index in [-0.39, 0.29) is 10.6 Å². The first kappa shape index (κ1) is 13.8. The van der Waals surface area contributed by atoms with E-state index in [0.29, 0.717) is 6.04 Å². The zero-order chi connectivity index (χ0) is 15.0. The molecule has 0 bridgehead atoms. The Balaban J connectivity index is 2.14. The molecular formula is C15H18N4O2. The molecule has 6 nitrogen and oxygen atoms in total. The molecule has 2 heterocycles. The van der Waals surface area contributed by atoms with E-state index >= 15 is 0 Å². The Morgan fingerprint density at radius 2 is 2.24 bits per heavy atom. The van der Waals surface area contributed by atoms with Gasteiger partial charge < -0.3 is 10.2 Å².